The molecule has 0 aliphatic carbocycles. The molecule has 0 bridgehead atoms. The summed E-state index contributed by atoms with van der Waals surface area (Å²) < 4.78 is 0. The van der Waals surface area contributed by atoms with Crippen molar-refractivity contribution in [3.8, 4) is 0 Å². The first-order chi connectivity index (χ1) is 4.22. The minimum Gasteiger partial charge on any atom is -0.351 e. The zero-order chi connectivity index (χ0) is 6.85. The molecule has 0 radical (unpaired) electrons. The van der Waals surface area contributed by atoms with Crippen LogP contribution in [0.3, 0.4) is 0 Å². The maximum Gasteiger partial charge on any atom is 0.321 e. The smallest absolute Gasteiger partial charge is 0.321 e. The van der Waals surface area contributed by atoms with E-state index in [2.05, 4.69) is 0 Å². The fourth-order valence-corrected chi connectivity index (χ4v) is 0.881. The van der Waals surface area contributed by atoms with E-state index in [4.69, 9.17) is 5.73 Å². The van der Waals surface area contributed by atoms with Gasteiger partial charge in [-0.25, -0.2) is 4.79 Å². The van der Waals surface area contributed by atoms with Crippen molar-refractivity contribution in [2.24, 2.45) is 5.73 Å². The van der Waals surface area contributed by atoms with E-state index < -0.39 is 6.03 Å². The first-order valence-corrected chi connectivity index (χ1v) is 2.81. The molecule has 0 spiro atoms. The fraction of sp³-hybridized carbons (Fsp3) is 0.600. The van der Waals surface area contributed by atoms with E-state index in [0.717, 1.165) is 11.3 Å². The number of imide groups is 1. The minimum absolute atomic E-state index is 0. The van der Waals surface area contributed by atoms with Gasteiger partial charge in [0.25, 0.3) is 0 Å². The van der Waals surface area contributed by atoms with Crippen LogP contribution in [0.5, 0.6) is 0 Å². The third kappa shape index (κ3) is 1.60. The maximum absolute atomic E-state index is 10.6. The SMILES string of the molecule is Cl.NC(=O)N1CCCC1=O. The lowest BCUT2D eigenvalue weighted by Crippen LogP contribution is -2.36. The number of hydrogen-bond acceptors (Lipinski definition) is 2. The van der Waals surface area contributed by atoms with E-state index in [1.165, 1.54) is 0 Å². The van der Waals surface area contributed by atoms with E-state index in [0.29, 0.717) is 13.0 Å². The highest BCUT2D eigenvalue weighted by Gasteiger charge is 2.23. The number of rotatable bonds is 0. The van der Waals surface area contributed by atoms with Gasteiger partial charge in [0.05, 0.1) is 0 Å². The largest absolute Gasteiger partial charge is 0.351 e. The highest BCUT2D eigenvalue weighted by Crippen LogP contribution is 2.07. The predicted molar refractivity (Wildman–Crippen MR) is 37.8 cm³/mol. The van der Waals surface area contributed by atoms with Gasteiger partial charge in [0.15, 0.2) is 0 Å². The summed E-state index contributed by atoms with van der Waals surface area (Å²) in [6, 6.07) is -0.627. The van der Waals surface area contributed by atoms with Crippen LogP contribution in [0.4, 0.5) is 4.79 Å². The van der Waals surface area contributed by atoms with Crippen LogP contribution in [0.2, 0.25) is 0 Å². The second-order valence-corrected chi connectivity index (χ2v) is 1.99. The van der Waals surface area contributed by atoms with Gasteiger partial charge in [0, 0.05) is 13.0 Å². The molecule has 1 aliphatic rings. The molecule has 5 heteroatoms. The standard InChI is InChI=1S/C5H8N2O2.ClH/c6-5(9)7-3-1-2-4(7)8;/h1-3H2,(H2,6,9);1H. The molecule has 58 valence electrons. The second kappa shape index (κ2) is 3.41. The normalized spacial score (nSPS) is 16.8. The summed E-state index contributed by atoms with van der Waals surface area (Å²) in [5.74, 6) is -0.150. The van der Waals surface area contributed by atoms with Crippen LogP contribution in [0.15, 0.2) is 0 Å². The van der Waals surface area contributed by atoms with Gasteiger partial charge < -0.3 is 5.73 Å². The summed E-state index contributed by atoms with van der Waals surface area (Å²) in [6.45, 7) is 0.494. The molecule has 3 amide bonds. The number of carbonyl (C=O) groups is 2. The molecule has 1 saturated heterocycles. The molecule has 0 unspecified atom stereocenters. The number of carbonyl (C=O) groups excluding carboxylic acids is 2. The first-order valence-electron chi connectivity index (χ1n) is 2.81. The van der Waals surface area contributed by atoms with Crippen LogP contribution in [0.1, 0.15) is 12.8 Å². The quantitative estimate of drug-likeness (QED) is 0.552. The molecule has 0 saturated carbocycles. The average Bonchev–Trinajstić information content (AvgIpc) is 2.13. The van der Waals surface area contributed by atoms with Crippen molar-refractivity contribution in [3.05, 3.63) is 0 Å². The monoisotopic (exact) mass is 164 g/mol. The Labute approximate surface area is 64.8 Å². The Morgan fingerprint density at radius 2 is 2.20 bits per heavy atom. The van der Waals surface area contributed by atoms with Crippen LogP contribution in [-0.4, -0.2) is 23.4 Å². The first kappa shape index (κ1) is 9.23. The molecular weight excluding hydrogens is 156 g/mol. The van der Waals surface area contributed by atoms with E-state index in [1.54, 1.807) is 0 Å². The molecule has 0 aromatic rings. The molecule has 4 nitrogen and oxygen atoms in total. The number of halogens is 1. The number of amides is 3. The zero-order valence-electron chi connectivity index (χ0n) is 5.37. The van der Waals surface area contributed by atoms with Crippen LogP contribution >= 0.6 is 12.4 Å². The maximum atomic E-state index is 10.6. The van der Waals surface area contributed by atoms with Crippen LogP contribution in [0.25, 0.3) is 0 Å². The molecule has 0 aromatic carbocycles. The lowest BCUT2D eigenvalue weighted by molar-refractivity contribution is -0.125. The zero-order valence-corrected chi connectivity index (χ0v) is 6.19. The van der Waals surface area contributed by atoms with E-state index in [1.807, 2.05) is 0 Å². The molecule has 1 aliphatic heterocycles. The van der Waals surface area contributed by atoms with E-state index in [9.17, 15) is 9.59 Å². The van der Waals surface area contributed by atoms with Crippen molar-refractivity contribution in [1.82, 2.24) is 4.90 Å². The molecule has 1 heterocycles. The Morgan fingerprint density at radius 3 is 2.40 bits per heavy atom. The number of likely N-dealkylation sites (tertiary alicyclic amines) is 1. The summed E-state index contributed by atoms with van der Waals surface area (Å²) in [6.07, 6.45) is 1.21. The van der Waals surface area contributed by atoms with Gasteiger partial charge in [-0.3, -0.25) is 9.69 Å². The van der Waals surface area contributed by atoms with Gasteiger partial charge in [0.1, 0.15) is 0 Å². The van der Waals surface area contributed by atoms with Crippen molar-refractivity contribution >= 4 is 24.3 Å². The lowest BCUT2D eigenvalue weighted by atomic mass is 10.4. The number of urea groups is 1. The summed E-state index contributed by atoms with van der Waals surface area (Å²) in [5, 5.41) is 0. The van der Waals surface area contributed by atoms with Crippen molar-refractivity contribution in [3.63, 3.8) is 0 Å². The van der Waals surface area contributed by atoms with Crippen LogP contribution in [-0.2, 0) is 4.79 Å². The van der Waals surface area contributed by atoms with Gasteiger partial charge in [-0.05, 0) is 6.42 Å². The van der Waals surface area contributed by atoms with Crippen molar-refractivity contribution in [2.75, 3.05) is 6.54 Å². The molecule has 2 N–H and O–H groups in total. The van der Waals surface area contributed by atoms with Crippen molar-refractivity contribution in [2.45, 2.75) is 12.8 Å². The Kier molecular flexibility index (Phi) is 3.15. The molecule has 0 aromatic heterocycles. The molecule has 0 atom stereocenters. The topological polar surface area (TPSA) is 63.4 Å². The third-order valence-electron chi connectivity index (χ3n) is 1.34. The van der Waals surface area contributed by atoms with Gasteiger partial charge in [0.2, 0.25) is 5.91 Å². The predicted octanol–water partition coefficient (Wildman–Crippen LogP) is 0.109. The molecule has 1 fully saturated rings. The van der Waals surface area contributed by atoms with Crippen LogP contribution in [0, 0.1) is 0 Å². The Balaban J connectivity index is 0.000000810. The highest BCUT2D eigenvalue weighted by atomic mass is 35.5. The summed E-state index contributed by atoms with van der Waals surface area (Å²) >= 11 is 0. The Hall–Kier alpha value is -0.770. The summed E-state index contributed by atoms with van der Waals surface area (Å²) in [4.78, 5) is 22.0. The number of hydrogen-bond donors (Lipinski definition) is 1. The number of nitrogens with zero attached hydrogens (tertiary/aromatic N) is 1. The van der Waals surface area contributed by atoms with Crippen molar-refractivity contribution < 1.29 is 9.59 Å². The summed E-state index contributed by atoms with van der Waals surface area (Å²) in [5.41, 5.74) is 4.85. The fourth-order valence-electron chi connectivity index (χ4n) is 0.881. The van der Waals surface area contributed by atoms with Crippen LogP contribution < -0.4 is 5.73 Å². The number of nitrogens with two attached hydrogens (primary N) is 1. The van der Waals surface area contributed by atoms with E-state index >= 15 is 0 Å². The Bertz CT molecular complexity index is 160. The summed E-state index contributed by atoms with van der Waals surface area (Å²) in [7, 11) is 0. The third-order valence-corrected chi connectivity index (χ3v) is 1.34. The van der Waals surface area contributed by atoms with Gasteiger partial charge in [-0.1, -0.05) is 0 Å². The molecule has 10 heavy (non-hydrogen) atoms. The number of primary amides is 1. The average molecular weight is 165 g/mol. The highest BCUT2D eigenvalue weighted by molar-refractivity contribution is 5.94. The van der Waals surface area contributed by atoms with Gasteiger partial charge in [-0.2, -0.15) is 0 Å². The van der Waals surface area contributed by atoms with Crippen molar-refractivity contribution in [1.29, 1.82) is 0 Å². The van der Waals surface area contributed by atoms with E-state index in [-0.39, 0.29) is 18.3 Å². The van der Waals surface area contributed by atoms with Gasteiger partial charge >= 0.3 is 6.03 Å². The lowest BCUT2D eigenvalue weighted by Gasteiger charge is -2.07. The minimum atomic E-state index is -0.627. The molecule has 1 rings (SSSR count). The second-order valence-electron chi connectivity index (χ2n) is 1.99. The Morgan fingerprint density at radius 1 is 1.60 bits per heavy atom. The van der Waals surface area contributed by atoms with Gasteiger partial charge in [-0.15, -0.1) is 12.4 Å². The molecular formula is C5H9ClN2O2.